The van der Waals surface area contributed by atoms with Gasteiger partial charge in [-0.25, -0.2) is 0 Å². The van der Waals surface area contributed by atoms with Crippen LogP contribution >= 0.6 is 11.6 Å². The Morgan fingerprint density at radius 2 is 1.90 bits per heavy atom. The third kappa shape index (κ3) is 3.17. The van der Waals surface area contributed by atoms with E-state index < -0.39 is 18.0 Å². The number of carbonyl (C=O) groups is 1. The van der Waals surface area contributed by atoms with E-state index in [1.54, 1.807) is 0 Å². The molecule has 1 N–H and O–H groups in total. The van der Waals surface area contributed by atoms with Gasteiger partial charge in [-0.1, -0.05) is 11.6 Å². The van der Waals surface area contributed by atoms with Crippen LogP contribution in [0.1, 0.15) is 23.2 Å². The van der Waals surface area contributed by atoms with Gasteiger partial charge in [0.15, 0.2) is 0 Å². The Bertz CT molecular complexity index is 511. The summed E-state index contributed by atoms with van der Waals surface area (Å²) in [4.78, 5) is 13.5. The molecular weight excluding hydrogens is 295 g/mol. The molecule has 0 aliphatic carbocycles. The molecule has 0 saturated carbocycles. The Hall–Kier alpha value is -1.43. The van der Waals surface area contributed by atoms with Crippen molar-refractivity contribution in [2.24, 2.45) is 5.92 Å². The van der Waals surface area contributed by atoms with Gasteiger partial charge in [0.2, 0.25) is 0 Å². The Balaban J connectivity index is 2.05. The predicted octanol–water partition coefficient (Wildman–Crippen LogP) is 3.46. The average molecular weight is 308 g/mol. The summed E-state index contributed by atoms with van der Waals surface area (Å²) in [6, 6.07) is 4.06. The van der Waals surface area contributed by atoms with Gasteiger partial charge in [0.1, 0.15) is 5.75 Å². The fraction of sp³-hybridized carbons (Fsp3) is 0.462. The van der Waals surface area contributed by atoms with E-state index in [0.717, 1.165) is 0 Å². The van der Waals surface area contributed by atoms with Crippen molar-refractivity contribution in [1.82, 2.24) is 4.90 Å². The smallest absolute Gasteiger partial charge is 0.391 e. The maximum Gasteiger partial charge on any atom is 0.391 e. The second kappa shape index (κ2) is 5.52. The number of phenolic OH excluding ortho intramolecular Hbond substituents is 1. The zero-order valence-corrected chi connectivity index (χ0v) is 11.2. The van der Waals surface area contributed by atoms with Crippen molar-refractivity contribution in [3.8, 4) is 5.75 Å². The van der Waals surface area contributed by atoms with Gasteiger partial charge in [0, 0.05) is 18.1 Å². The number of piperidine rings is 1. The van der Waals surface area contributed by atoms with Gasteiger partial charge in [-0.05, 0) is 31.0 Å². The van der Waals surface area contributed by atoms with Gasteiger partial charge >= 0.3 is 6.18 Å². The lowest BCUT2D eigenvalue weighted by Gasteiger charge is -2.33. The molecule has 0 unspecified atom stereocenters. The van der Waals surface area contributed by atoms with Crippen LogP contribution in [0.15, 0.2) is 18.2 Å². The van der Waals surface area contributed by atoms with E-state index in [-0.39, 0.29) is 42.3 Å². The van der Waals surface area contributed by atoms with Crippen molar-refractivity contribution in [1.29, 1.82) is 0 Å². The summed E-state index contributed by atoms with van der Waals surface area (Å²) in [6.07, 6.45) is -4.43. The van der Waals surface area contributed by atoms with Gasteiger partial charge in [-0.2, -0.15) is 13.2 Å². The molecular formula is C13H13ClF3NO2. The quantitative estimate of drug-likeness (QED) is 0.863. The Morgan fingerprint density at radius 3 is 2.40 bits per heavy atom. The van der Waals surface area contributed by atoms with Crippen molar-refractivity contribution in [3.63, 3.8) is 0 Å². The summed E-state index contributed by atoms with van der Waals surface area (Å²) in [5.74, 6) is -2.09. The number of halogens is 4. The van der Waals surface area contributed by atoms with Crippen LogP contribution in [-0.4, -0.2) is 35.2 Å². The minimum absolute atomic E-state index is 0.0328. The summed E-state index contributed by atoms with van der Waals surface area (Å²) in [6.45, 7) is 0.0656. The molecule has 1 aliphatic heterocycles. The fourth-order valence-electron chi connectivity index (χ4n) is 2.27. The minimum Gasteiger partial charge on any atom is -0.507 e. The molecule has 0 radical (unpaired) electrons. The lowest BCUT2D eigenvalue weighted by molar-refractivity contribution is -0.183. The molecule has 7 heteroatoms. The molecule has 1 aromatic rings. The maximum atomic E-state index is 12.5. The van der Waals surface area contributed by atoms with E-state index >= 15 is 0 Å². The molecule has 0 atom stereocenters. The number of rotatable bonds is 1. The van der Waals surface area contributed by atoms with Gasteiger partial charge < -0.3 is 10.0 Å². The van der Waals surface area contributed by atoms with Crippen LogP contribution in [0, 0.1) is 5.92 Å². The van der Waals surface area contributed by atoms with E-state index in [4.69, 9.17) is 11.6 Å². The largest absolute Gasteiger partial charge is 0.507 e. The molecule has 3 nitrogen and oxygen atoms in total. The molecule has 2 rings (SSSR count). The van der Waals surface area contributed by atoms with Crippen LogP contribution in [-0.2, 0) is 0 Å². The monoisotopic (exact) mass is 307 g/mol. The predicted molar refractivity (Wildman–Crippen MR) is 67.8 cm³/mol. The first-order chi connectivity index (χ1) is 9.29. The number of carbonyl (C=O) groups excluding carboxylic acids is 1. The first kappa shape index (κ1) is 15.0. The van der Waals surface area contributed by atoms with E-state index in [0.29, 0.717) is 0 Å². The lowest BCUT2D eigenvalue weighted by Crippen LogP contribution is -2.42. The second-order valence-corrected chi connectivity index (χ2v) is 5.21. The summed E-state index contributed by atoms with van der Waals surface area (Å²) in [5.41, 5.74) is 0.0554. The van der Waals surface area contributed by atoms with E-state index in [9.17, 15) is 23.1 Å². The van der Waals surface area contributed by atoms with E-state index in [1.165, 1.54) is 23.1 Å². The van der Waals surface area contributed by atoms with Crippen molar-refractivity contribution >= 4 is 17.5 Å². The Morgan fingerprint density at radius 1 is 1.30 bits per heavy atom. The number of phenols is 1. The molecule has 0 aromatic heterocycles. The zero-order valence-electron chi connectivity index (χ0n) is 10.5. The molecule has 1 aliphatic rings. The number of aromatic hydroxyl groups is 1. The van der Waals surface area contributed by atoms with E-state index in [2.05, 4.69) is 0 Å². The summed E-state index contributed by atoms with van der Waals surface area (Å²) >= 11 is 5.67. The Kier molecular flexibility index (Phi) is 4.13. The molecule has 0 bridgehead atoms. The molecule has 110 valence electrons. The molecule has 20 heavy (non-hydrogen) atoms. The zero-order chi connectivity index (χ0) is 14.9. The van der Waals surface area contributed by atoms with Crippen molar-refractivity contribution in [2.75, 3.05) is 13.1 Å². The van der Waals surface area contributed by atoms with Crippen LogP contribution in [0.4, 0.5) is 13.2 Å². The first-order valence-electron chi connectivity index (χ1n) is 6.13. The lowest BCUT2D eigenvalue weighted by atomic mass is 9.96. The highest BCUT2D eigenvalue weighted by molar-refractivity contribution is 6.30. The molecule has 1 fully saturated rings. The van der Waals surface area contributed by atoms with Gasteiger partial charge in [0.05, 0.1) is 11.5 Å². The number of likely N-dealkylation sites (tertiary alicyclic amines) is 1. The average Bonchev–Trinajstić information content (AvgIpc) is 2.37. The minimum atomic E-state index is -4.21. The standard InChI is InChI=1S/C13H13ClF3NO2/c14-9-1-2-10(11(19)7-9)12(20)18-5-3-8(4-6-18)13(15,16)17/h1-2,7-8,19H,3-6H2. The third-order valence-electron chi connectivity index (χ3n) is 3.44. The second-order valence-electron chi connectivity index (χ2n) is 4.77. The highest BCUT2D eigenvalue weighted by Gasteiger charge is 2.41. The summed E-state index contributed by atoms with van der Waals surface area (Å²) in [5, 5.41) is 9.95. The van der Waals surface area contributed by atoms with Crippen LogP contribution in [0.5, 0.6) is 5.75 Å². The SMILES string of the molecule is O=C(c1ccc(Cl)cc1O)N1CCC(C(F)(F)F)CC1. The summed E-state index contributed by atoms with van der Waals surface area (Å²) < 4.78 is 37.6. The number of hydrogen-bond acceptors (Lipinski definition) is 2. The van der Waals surface area contributed by atoms with Gasteiger partial charge in [-0.15, -0.1) is 0 Å². The fourth-order valence-corrected chi connectivity index (χ4v) is 2.43. The van der Waals surface area contributed by atoms with Crippen LogP contribution < -0.4 is 0 Å². The van der Waals surface area contributed by atoms with Gasteiger partial charge in [0.25, 0.3) is 5.91 Å². The third-order valence-corrected chi connectivity index (χ3v) is 3.67. The number of benzene rings is 1. The number of hydrogen-bond donors (Lipinski definition) is 1. The Labute approximate surface area is 118 Å². The molecule has 1 amide bonds. The van der Waals surface area contributed by atoms with Crippen LogP contribution in [0.3, 0.4) is 0 Å². The number of amides is 1. The summed E-state index contributed by atoms with van der Waals surface area (Å²) in [7, 11) is 0. The van der Waals surface area contributed by atoms with E-state index in [1.807, 2.05) is 0 Å². The van der Waals surface area contributed by atoms with Crippen molar-refractivity contribution in [2.45, 2.75) is 19.0 Å². The normalized spacial score (nSPS) is 17.3. The van der Waals surface area contributed by atoms with Crippen LogP contribution in [0.25, 0.3) is 0 Å². The van der Waals surface area contributed by atoms with Crippen molar-refractivity contribution in [3.05, 3.63) is 28.8 Å². The number of alkyl halides is 3. The highest BCUT2D eigenvalue weighted by atomic mass is 35.5. The topological polar surface area (TPSA) is 40.5 Å². The molecule has 0 spiro atoms. The van der Waals surface area contributed by atoms with Crippen LogP contribution in [0.2, 0.25) is 5.02 Å². The van der Waals surface area contributed by atoms with Crippen molar-refractivity contribution < 1.29 is 23.1 Å². The maximum absolute atomic E-state index is 12.5. The molecule has 1 aromatic carbocycles. The highest BCUT2D eigenvalue weighted by Crippen LogP contribution is 2.34. The molecule has 1 saturated heterocycles. The molecule has 1 heterocycles. The first-order valence-corrected chi connectivity index (χ1v) is 6.51. The van der Waals surface area contributed by atoms with Gasteiger partial charge in [-0.3, -0.25) is 4.79 Å². The number of nitrogens with zero attached hydrogens (tertiary/aromatic N) is 1.